The van der Waals surface area contributed by atoms with Crippen LogP contribution in [-0.4, -0.2) is 59.2 Å². The van der Waals surface area contributed by atoms with Crippen molar-refractivity contribution in [2.45, 2.75) is 78.2 Å². The van der Waals surface area contributed by atoms with E-state index in [0.717, 1.165) is 30.4 Å². The van der Waals surface area contributed by atoms with Crippen LogP contribution in [0.4, 0.5) is 4.79 Å². The summed E-state index contributed by atoms with van der Waals surface area (Å²) in [6, 6.07) is 9.42. The average Bonchev–Trinajstić information content (AvgIpc) is 3.01. The first-order valence-corrected chi connectivity index (χ1v) is 12.0. The highest BCUT2D eigenvalue weighted by Gasteiger charge is 2.34. The SMILES string of the molecule is Cc1ccc(C[C@H](NC(=O)OC[C@@H]2CCCCCN2C(=O)C(C#N)CC(C)(C)C)B(O)O)cc1. The number of nitrogens with one attached hydrogen (secondary N) is 1. The number of benzene rings is 1. The van der Waals surface area contributed by atoms with E-state index in [1.807, 2.05) is 52.0 Å². The molecule has 0 radical (unpaired) electrons. The van der Waals surface area contributed by atoms with E-state index in [0.29, 0.717) is 19.4 Å². The first kappa shape index (κ1) is 27.7. The number of carbonyl (C=O) groups excluding carboxylic acids is 2. The first-order chi connectivity index (χ1) is 16.0. The van der Waals surface area contributed by atoms with Gasteiger partial charge in [0.05, 0.1) is 18.1 Å². The molecule has 1 saturated heterocycles. The van der Waals surface area contributed by atoms with Crippen LogP contribution < -0.4 is 5.32 Å². The van der Waals surface area contributed by atoms with Crippen molar-refractivity contribution in [1.29, 1.82) is 5.26 Å². The van der Waals surface area contributed by atoms with Gasteiger partial charge in [0.1, 0.15) is 12.5 Å². The highest BCUT2D eigenvalue weighted by molar-refractivity contribution is 6.43. The summed E-state index contributed by atoms with van der Waals surface area (Å²) in [4.78, 5) is 27.4. The van der Waals surface area contributed by atoms with Crippen molar-refractivity contribution >= 4 is 19.1 Å². The second-order valence-corrected chi connectivity index (χ2v) is 10.4. The summed E-state index contributed by atoms with van der Waals surface area (Å²) >= 11 is 0. The van der Waals surface area contributed by atoms with E-state index in [1.165, 1.54) is 0 Å². The molecule has 1 aliphatic rings. The second-order valence-electron chi connectivity index (χ2n) is 10.4. The Kier molecular flexibility index (Phi) is 10.4. The largest absolute Gasteiger partial charge is 0.475 e. The molecule has 1 fully saturated rings. The van der Waals surface area contributed by atoms with Crippen LogP contribution >= 0.6 is 0 Å². The molecule has 8 nitrogen and oxygen atoms in total. The molecule has 1 aromatic carbocycles. The zero-order valence-corrected chi connectivity index (χ0v) is 20.8. The predicted molar refractivity (Wildman–Crippen MR) is 130 cm³/mol. The average molecular weight is 471 g/mol. The normalized spacial score (nSPS) is 18.3. The predicted octanol–water partition coefficient (Wildman–Crippen LogP) is 2.99. The van der Waals surface area contributed by atoms with Gasteiger partial charge in [-0.1, -0.05) is 63.4 Å². The van der Waals surface area contributed by atoms with Gasteiger partial charge in [-0.2, -0.15) is 5.26 Å². The molecular formula is C25H38BN3O5. The summed E-state index contributed by atoms with van der Waals surface area (Å²) in [6.07, 6.45) is 3.33. The Bertz CT molecular complexity index is 848. The summed E-state index contributed by atoms with van der Waals surface area (Å²) in [5.74, 6) is -1.88. The fraction of sp³-hybridized carbons (Fsp3) is 0.640. The molecule has 0 aromatic heterocycles. The van der Waals surface area contributed by atoms with Crippen LogP contribution in [0, 0.1) is 29.6 Å². The Morgan fingerprint density at radius 2 is 1.91 bits per heavy atom. The number of hydrogen-bond donors (Lipinski definition) is 3. The first-order valence-electron chi connectivity index (χ1n) is 12.0. The molecule has 3 atom stereocenters. The number of ether oxygens (including phenoxy) is 1. The molecule has 1 heterocycles. The number of nitriles is 1. The summed E-state index contributed by atoms with van der Waals surface area (Å²) < 4.78 is 5.42. The summed E-state index contributed by atoms with van der Waals surface area (Å²) in [7, 11) is -1.75. The van der Waals surface area contributed by atoms with E-state index in [1.54, 1.807) is 4.90 Å². The van der Waals surface area contributed by atoms with E-state index >= 15 is 0 Å². The fourth-order valence-corrected chi connectivity index (χ4v) is 4.22. The van der Waals surface area contributed by atoms with Crippen LogP contribution in [0.1, 0.15) is 64.0 Å². The van der Waals surface area contributed by atoms with Crippen LogP contribution in [0.2, 0.25) is 0 Å². The van der Waals surface area contributed by atoms with Crippen LogP contribution in [0.15, 0.2) is 24.3 Å². The number of likely N-dealkylation sites (tertiary alicyclic amines) is 1. The third-order valence-electron chi connectivity index (χ3n) is 6.08. The van der Waals surface area contributed by atoms with Crippen LogP contribution in [0.3, 0.4) is 0 Å². The Balaban J connectivity index is 2.00. The van der Waals surface area contributed by atoms with Gasteiger partial charge in [0.15, 0.2) is 0 Å². The van der Waals surface area contributed by atoms with Crippen molar-refractivity contribution in [3.63, 3.8) is 0 Å². The maximum absolute atomic E-state index is 13.2. The molecule has 1 aliphatic heterocycles. The third-order valence-corrected chi connectivity index (χ3v) is 6.08. The summed E-state index contributed by atoms with van der Waals surface area (Å²) in [5, 5.41) is 31.6. The molecule has 0 bridgehead atoms. The Hall–Kier alpha value is -2.57. The molecule has 0 spiro atoms. The van der Waals surface area contributed by atoms with Crippen molar-refractivity contribution in [2.75, 3.05) is 13.2 Å². The third kappa shape index (κ3) is 9.00. The molecule has 3 N–H and O–H groups in total. The molecule has 0 aliphatic carbocycles. The Morgan fingerprint density at radius 3 is 2.50 bits per heavy atom. The minimum Gasteiger partial charge on any atom is -0.447 e. The zero-order valence-electron chi connectivity index (χ0n) is 20.8. The molecule has 1 unspecified atom stereocenters. The maximum atomic E-state index is 13.2. The van der Waals surface area contributed by atoms with E-state index in [-0.39, 0.29) is 30.4 Å². The van der Waals surface area contributed by atoms with E-state index in [9.17, 15) is 24.9 Å². The quantitative estimate of drug-likeness (QED) is 0.501. The minimum absolute atomic E-state index is 0.00991. The lowest BCUT2D eigenvalue weighted by Gasteiger charge is -2.32. The molecular weight excluding hydrogens is 433 g/mol. The van der Waals surface area contributed by atoms with Gasteiger partial charge >= 0.3 is 13.2 Å². The number of alkyl carbamates (subject to hydrolysis) is 1. The molecule has 9 heteroatoms. The standard InChI is InChI=1S/C25H38BN3O5/c1-18-9-11-19(12-10-18)14-22(26(32)33)28-24(31)34-17-21-8-6-5-7-13-29(21)23(30)20(16-27)15-25(2,3)4/h9-12,20-22,32-33H,5-8,13-15,17H2,1-4H3,(H,28,31)/t20?,21-,22-/m0/s1. The van der Waals surface area contributed by atoms with Crippen molar-refractivity contribution in [2.24, 2.45) is 11.3 Å². The van der Waals surface area contributed by atoms with Crippen LogP contribution in [-0.2, 0) is 16.0 Å². The summed E-state index contributed by atoms with van der Waals surface area (Å²) in [6.45, 7) is 8.48. The molecule has 1 aromatic rings. The van der Waals surface area contributed by atoms with Crippen LogP contribution in [0.5, 0.6) is 0 Å². The van der Waals surface area contributed by atoms with Crippen LogP contribution in [0.25, 0.3) is 0 Å². The molecule has 2 rings (SSSR count). The Morgan fingerprint density at radius 1 is 1.24 bits per heavy atom. The Labute approximate surface area is 203 Å². The van der Waals surface area contributed by atoms with Gasteiger partial charge in [-0.3, -0.25) is 4.79 Å². The van der Waals surface area contributed by atoms with Gasteiger partial charge in [-0.15, -0.1) is 0 Å². The van der Waals surface area contributed by atoms with E-state index in [2.05, 4.69) is 11.4 Å². The van der Waals surface area contributed by atoms with Crippen molar-refractivity contribution in [3.8, 4) is 6.07 Å². The van der Waals surface area contributed by atoms with Crippen molar-refractivity contribution < 1.29 is 24.4 Å². The summed E-state index contributed by atoms with van der Waals surface area (Å²) in [5.41, 5.74) is 1.78. The van der Waals surface area contributed by atoms with E-state index in [4.69, 9.17) is 4.74 Å². The zero-order chi connectivity index (χ0) is 25.3. The molecule has 2 amide bonds. The number of hydrogen-bond acceptors (Lipinski definition) is 6. The highest BCUT2D eigenvalue weighted by Crippen LogP contribution is 2.27. The number of rotatable bonds is 8. The fourth-order valence-electron chi connectivity index (χ4n) is 4.22. The maximum Gasteiger partial charge on any atom is 0.475 e. The number of aryl methyl sites for hydroxylation is 1. The van der Waals surface area contributed by atoms with Gasteiger partial charge in [0.25, 0.3) is 0 Å². The van der Waals surface area contributed by atoms with E-state index < -0.39 is 25.1 Å². The smallest absolute Gasteiger partial charge is 0.447 e. The van der Waals surface area contributed by atoms with Crippen molar-refractivity contribution in [3.05, 3.63) is 35.4 Å². The monoisotopic (exact) mass is 471 g/mol. The highest BCUT2D eigenvalue weighted by atomic mass is 16.5. The molecule has 0 saturated carbocycles. The van der Waals surface area contributed by atoms with Gasteiger partial charge in [0.2, 0.25) is 5.91 Å². The lowest BCUT2D eigenvalue weighted by atomic mass is 9.76. The lowest BCUT2D eigenvalue weighted by molar-refractivity contribution is -0.137. The minimum atomic E-state index is -1.75. The number of carbonyl (C=O) groups is 2. The molecule has 186 valence electrons. The number of amides is 2. The topological polar surface area (TPSA) is 123 Å². The van der Waals surface area contributed by atoms with Crippen molar-refractivity contribution in [1.82, 2.24) is 10.2 Å². The second kappa shape index (κ2) is 12.8. The number of nitrogens with zero attached hydrogens (tertiary/aromatic N) is 2. The van der Waals surface area contributed by atoms with Gasteiger partial charge < -0.3 is 25.0 Å². The van der Waals surface area contributed by atoms with Gasteiger partial charge in [-0.05, 0) is 43.6 Å². The lowest BCUT2D eigenvalue weighted by Crippen LogP contribution is -2.50. The van der Waals surface area contributed by atoms with Gasteiger partial charge in [0, 0.05) is 6.54 Å². The van der Waals surface area contributed by atoms with Gasteiger partial charge in [-0.25, -0.2) is 4.79 Å². The molecule has 34 heavy (non-hydrogen) atoms.